The Morgan fingerprint density at radius 3 is 2.94 bits per heavy atom. The highest BCUT2D eigenvalue weighted by molar-refractivity contribution is 5.94. The summed E-state index contributed by atoms with van der Waals surface area (Å²) in [5.74, 6) is -0.0712. The first-order chi connectivity index (χ1) is 7.65. The van der Waals surface area contributed by atoms with Crippen molar-refractivity contribution in [1.82, 2.24) is 14.7 Å². The fraction of sp³-hybridized carbons (Fsp3) is 0.333. The highest BCUT2D eigenvalue weighted by atomic mass is 16.1. The van der Waals surface area contributed by atoms with E-state index in [1.807, 2.05) is 43.5 Å². The highest BCUT2D eigenvalue weighted by Gasteiger charge is 2.16. The molecular weight excluding hydrogens is 202 g/mol. The van der Waals surface area contributed by atoms with E-state index in [1.54, 1.807) is 0 Å². The van der Waals surface area contributed by atoms with Crippen LogP contribution < -0.4 is 5.32 Å². The molecule has 0 aliphatic heterocycles. The van der Waals surface area contributed by atoms with Crippen LogP contribution in [0.5, 0.6) is 0 Å². The summed E-state index contributed by atoms with van der Waals surface area (Å²) in [4.78, 5) is 16.3. The Hall–Kier alpha value is -1.84. The maximum Gasteiger partial charge on any atom is 0.270 e. The van der Waals surface area contributed by atoms with Crippen molar-refractivity contribution in [1.29, 1.82) is 0 Å². The molecule has 0 aromatic carbocycles. The monoisotopic (exact) mass is 217 g/mol. The number of amides is 1. The summed E-state index contributed by atoms with van der Waals surface area (Å²) in [6, 6.07) is 3.91. The van der Waals surface area contributed by atoms with E-state index >= 15 is 0 Å². The van der Waals surface area contributed by atoms with E-state index in [-0.39, 0.29) is 5.91 Å². The topological polar surface area (TPSA) is 46.4 Å². The van der Waals surface area contributed by atoms with Crippen LogP contribution >= 0.6 is 0 Å². The van der Waals surface area contributed by atoms with Gasteiger partial charge in [-0.2, -0.15) is 0 Å². The fourth-order valence-electron chi connectivity index (χ4n) is 1.84. The van der Waals surface area contributed by atoms with E-state index in [4.69, 9.17) is 0 Å². The largest absolute Gasteiger partial charge is 0.351 e. The van der Waals surface area contributed by atoms with E-state index in [0.29, 0.717) is 12.2 Å². The van der Waals surface area contributed by atoms with Crippen molar-refractivity contribution in [2.45, 2.75) is 20.8 Å². The van der Waals surface area contributed by atoms with Gasteiger partial charge in [-0.15, -0.1) is 0 Å². The zero-order valence-electron chi connectivity index (χ0n) is 9.74. The summed E-state index contributed by atoms with van der Waals surface area (Å²) in [5.41, 5.74) is 3.31. The standard InChI is InChI=1S/C12H15N3O/c1-4-13-12(16)10-9(3)14-11-8(2)6-5-7-15(10)11/h5-7H,4H2,1-3H3,(H,13,16). The second-order valence-electron chi connectivity index (χ2n) is 3.79. The SMILES string of the molecule is CCNC(=O)c1c(C)nc2c(C)cccn12. The fourth-order valence-corrected chi connectivity index (χ4v) is 1.84. The summed E-state index contributed by atoms with van der Waals surface area (Å²) in [6.07, 6.45) is 1.87. The Morgan fingerprint density at radius 1 is 1.50 bits per heavy atom. The Morgan fingerprint density at radius 2 is 2.25 bits per heavy atom. The molecule has 0 saturated heterocycles. The number of fused-ring (bicyclic) bond motifs is 1. The van der Waals surface area contributed by atoms with Gasteiger partial charge in [0.05, 0.1) is 5.69 Å². The number of aryl methyl sites for hydroxylation is 2. The molecule has 2 aromatic rings. The molecule has 0 atom stereocenters. The van der Waals surface area contributed by atoms with E-state index < -0.39 is 0 Å². The molecule has 0 aliphatic rings. The first kappa shape index (κ1) is 10.7. The molecule has 0 saturated carbocycles. The van der Waals surface area contributed by atoms with Crippen LogP contribution in [0.3, 0.4) is 0 Å². The van der Waals surface area contributed by atoms with Crippen molar-refractivity contribution in [2.24, 2.45) is 0 Å². The van der Waals surface area contributed by atoms with Crippen molar-refractivity contribution in [3.8, 4) is 0 Å². The molecule has 1 N–H and O–H groups in total. The summed E-state index contributed by atoms with van der Waals surface area (Å²) < 4.78 is 1.84. The normalized spacial score (nSPS) is 10.7. The second kappa shape index (κ2) is 3.96. The van der Waals surface area contributed by atoms with Crippen LogP contribution in [-0.4, -0.2) is 21.8 Å². The van der Waals surface area contributed by atoms with Gasteiger partial charge < -0.3 is 5.32 Å². The minimum Gasteiger partial charge on any atom is -0.351 e. The first-order valence-electron chi connectivity index (χ1n) is 5.37. The summed E-state index contributed by atoms with van der Waals surface area (Å²) in [7, 11) is 0. The third kappa shape index (κ3) is 1.56. The zero-order chi connectivity index (χ0) is 11.7. The maximum atomic E-state index is 11.9. The van der Waals surface area contributed by atoms with Gasteiger partial charge in [0.1, 0.15) is 11.3 Å². The molecule has 0 fully saturated rings. The third-order valence-corrected chi connectivity index (χ3v) is 2.57. The lowest BCUT2D eigenvalue weighted by Gasteiger charge is -2.03. The van der Waals surface area contributed by atoms with Gasteiger partial charge in [-0.3, -0.25) is 9.20 Å². The highest BCUT2D eigenvalue weighted by Crippen LogP contribution is 2.14. The minimum atomic E-state index is -0.0712. The molecule has 0 bridgehead atoms. The van der Waals surface area contributed by atoms with Gasteiger partial charge in [-0.05, 0) is 32.4 Å². The van der Waals surface area contributed by atoms with Gasteiger partial charge in [-0.1, -0.05) is 6.07 Å². The molecule has 0 spiro atoms. The molecule has 2 aromatic heterocycles. The van der Waals surface area contributed by atoms with Crippen molar-refractivity contribution in [3.05, 3.63) is 35.3 Å². The first-order valence-corrected chi connectivity index (χ1v) is 5.37. The van der Waals surface area contributed by atoms with Crippen LogP contribution in [0.2, 0.25) is 0 Å². The number of aromatic nitrogens is 2. The predicted molar refractivity (Wildman–Crippen MR) is 62.7 cm³/mol. The van der Waals surface area contributed by atoms with Crippen LogP contribution in [0.15, 0.2) is 18.3 Å². The van der Waals surface area contributed by atoms with Gasteiger partial charge in [-0.25, -0.2) is 4.98 Å². The molecule has 2 rings (SSSR count). The van der Waals surface area contributed by atoms with Gasteiger partial charge >= 0.3 is 0 Å². The van der Waals surface area contributed by atoms with Gasteiger partial charge in [0.2, 0.25) is 0 Å². The number of nitrogens with zero attached hydrogens (tertiary/aromatic N) is 2. The second-order valence-corrected chi connectivity index (χ2v) is 3.79. The van der Waals surface area contributed by atoms with Crippen molar-refractivity contribution in [3.63, 3.8) is 0 Å². The number of carbonyl (C=O) groups excluding carboxylic acids is 1. The van der Waals surface area contributed by atoms with Gasteiger partial charge in [0.25, 0.3) is 5.91 Å². The molecule has 0 unspecified atom stereocenters. The van der Waals surface area contributed by atoms with Crippen LogP contribution in [0.25, 0.3) is 5.65 Å². The minimum absolute atomic E-state index is 0.0712. The van der Waals surface area contributed by atoms with E-state index in [1.165, 1.54) is 0 Å². The number of carbonyl (C=O) groups is 1. The molecule has 1 amide bonds. The zero-order valence-corrected chi connectivity index (χ0v) is 9.74. The molecule has 4 nitrogen and oxygen atoms in total. The van der Waals surface area contributed by atoms with Crippen molar-refractivity contribution < 1.29 is 4.79 Å². The summed E-state index contributed by atoms with van der Waals surface area (Å²) >= 11 is 0. The molecule has 2 heterocycles. The Labute approximate surface area is 94.3 Å². The number of hydrogen-bond acceptors (Lipinski definition) is 2. The van der Waals surface area contributed by atoms with E-state index in [2.05, 4.69) is 10.3 Å². The van der Waals surface area contributed by atoms with Crippen LogP contribution in [0.1, 0.15) is 28.7 Å². The Kier molecular flexibility index (Phi) is 2.64. The summed E-state index contributed by atoms with van der Waals surface area (Å²) in [6.45, 7) is 6.37. The van der Waals surface area contributed by atoms with Crippen molar-refractivity contribution in [2.75, 3.05) is 6.54 Å². The van der Waals surface area contributed by atoms with Gasteiger partial charge in [0.15, 0.2) is 0 Å². The van der Waals surface area contributed by atoms with Gasteiger partial charge in [0, 0.05) is 12.7 Å². The quantitative estimate of drug-likeness (QED) is 0.832. The molecular formula is C12H15N3O. The lowest BCUT2D eigenvalue weighted by molar-refractivity contribution is 0.0949. The Bertz CT molecular complexity index is 542. The number of imidazole rings is 1. The number of rotatable bonds is 2. The lowest BCUT2D eigenvalue weighted by Crippen LogP contribution is -2.24. The smallest absolute Gasteiger partial charge is 0.270 e. The van der Waals surface area contributed by atoms with Crippen LogP contribution in [0, 0.1) is 13.8 Å². The predicted octanol–water partition coefficient (Wildman–Crippen LogP) is 1.70. The molecule has 0 radical (unpaired) electrons. The average molecular weight is 217 g/mol. The molecule has 0 aliphatic carbocycles. The van der Waals surface area contributed by atoms with E-state index in [0.717, 1.165) is 16.9 Å². The lowest BCUT2D eigenvalue weighted by atomic mass is 10.3. The molecule has 84 valence electrons. The number of pyridine rings is 1. The Balaban J connectivity index is 2.65. The average Bonchev–Trinajstić information content (AvgIpc) is 2.56. The third-order valence-electron chi connectivity index (χ3n) is 2.57. The van der Waals surface area contributed by atoms with Crippen LogP contribution in [0.4, 0.5) is 0 Å². The molecule has 16 heavy (non-hydrogen) atoms. The van der Waals surface area contributed by atoms with Crippen LogP contribution in [-0.2, 0) is 0 Å². The van der Waals surface area contributed by atoms with E-state index in [9.17, 15) is 4.79 Å². The number of nitrogens with one attached hydrogen (secondary N) is 1. The maximum absolute atomic E-state index is 11.9. The van der Waals surface area contributed by atoms with Crippen molar-refractivity contribution >= 4 is 11.6 Å². The number of hydrogen-bond donors (Lipinski definition) is 1. The summed E-state index contributed by atoms with van der Waals surface area (Å²) in [5, 5.41) is 2.80. The molecule has 4 heteroatoms.